The first kappa shape index (κ1) is 12.2. The minimum Gasteiger partial charge on any atom is -0.399 e. The summed E-state index contributed by atoms with van der Waals surface area (Å²) in [5, 5.41) is 9.43. The van der Waals surface area contributed by atoms with Crippen molar-refractivity contribution in [1.82, 2.24) is 15.5 Å². The molecule has 1 heterocycles. The zero-order valence-electron chi connectivity index (χ0n) is 10.0. The number of H-pyrrole nitrogens is 1. The third kappa shape index (κ3) is 3.35. The van der Waals surface area contributed by atoms with E-state index in [1.54, 1.807) is 6.20 Å². The molecule has 0 spiro atoms. The van der Waals surface area contributed by atoms with Crippen molar-refractivity contribution in [1.29, 1.82) is 0 Å². The molecule has 0 saturated carbocycles. The molecule has 1 aromatic carbocycles. The first-order valence-corrected chi connectivity index (χ1v) is 5.84. The van der Waals surface area contributed by atoms with Gasteiger partial charge >= 0.3 is 0 Å². The molecule has 5 heteroatoms. The zero-order valence-corrected chi connectivity index (χ0v) is 10.0. The highest BCUT2D eigenvalue weighted by Crippen LogP contribution is 2.12. The lowest BCUT2D eigenvalue weighted by Crippen LogP contribution is -2.23. The number of carbonyl (C=O) groups is 1. The summed E-state index contributed by atoms with van der Waals surface area (Å²) < 4.78 is 0. The lowest BCUT2D eigenvalue weighted by atomic mass is 10.1. The van der Waals surface area contributed by atoms with Crippen LogP contribution < -0.4 is 11.1 Å². The van der Waals surface area contributed by atoms with Gasteiger partial charge in [-0.25, -0.2) is 0 Å². The number of aryl methyl sites for hydroxylation is 1. The number of hydrogen-bond acceptors (Lipinski definition) is 3. The third-order valence-corrected chi connectivity index (χ3v) is 2.71. The molecule has 0 unspecified atom stereocenters. The maximum atomic E-state index is 11.6. The van der Waals surface area contributed by atoms with Crippen molar-refractivity contribution in [3.63, 3.8) is 0 Å². The standard InChI is InChI=1S/C13H16N4O/c14-12-4-2-1-3-10(12)5-6-13(18)15-9-11-7-8-16-17-11/h1-4,7-8H,5-6,9,14H2,(H,15,18)(H,16,17). The number of carbonyl (C=O) groups excluding carboxylic acids is 1. The van der Waals surface area contributed by atoms with Crippen LogP contribution in [0.4, 0.5) is 5.69 Å². The maximum Gasteiger partial charge on any atom is 0.220 e. The predicted octanol–water partition coefficient (Wildman–Crippen LogP) is 1.24. The fourth-order valence-corrected chi connectivity index (χ4v) is 1.68. The van der Waals surface area contributed by atoms with E-state index in [2.05, 4.69) is 15.5 Å². The number of nitrogens with one attached hydrogen (secondary N) is 2. The normalized spacial score (nSPS) is 10.2. The Kier molecular flexibility index (Phi) is 3.96. The van der Waals surface area contributed by atoms with Crippen LogP contribution in [0.15, 0.2) is 36.5 Å². The van der Waals surface area contributed by atoms with Crippen molar-refractivity contribution in [3.05, 3.63) is 47.8 Å². The number of anilines is 1. The molecule has 1 aromatic heterocycles. The summed E-state index contributed by atoms with van der Waals surface area (Å²) in [6.45, 7) is 0.475. The Morgan fingerprint density at radius 1 is 1.33 bits per heavy atom. The van der Waals surface area contributed by atoms with Crippen LogP contribution in [0.2, 0.25) is 0 Å². The highest BCUT2D eigenvalue weighted by atomic mass is 16.1. The maximum absolute atomic E-state index is 11.6. The van der Waals surface area contributed by atoms with Gasteiger partial charge in [-0.3, -0.25) is 9.89 Å². The smallest absolute Gasteiger partial charge is 0.220 e. The van der Waals surface area contributed by atoms with Crippen LogP contribution in [0, 0.1) is 0 Å². The quantitative estimate of drug-likeness (QED) is 0.692. The molecule has 0 atom stereocenters. The van der Waals surface area contributed by atoms with Gasteiger partial charge in [0.15, 0.2) is 0 Å². The molecule has 0 radical (unpaired) electrons. The Bertz CT molecular complexity index is 507. The minimum absolute atomic E-state index is 0.00727. The minimum atomic E-state index is 0.00727. The number of benzene rings is 1. The van der Waals surface area contributed by atoms with E-state index in [9.17, 15) is 4.79 Å². The molecule has 2 rings (SSSR count). The second-order valence-corrected chi connectivity index (χ2v) is 4.06. The molecule has 1 amide bonds. The van der Waals surface area contributed by atoms with E-state index in [1.807, 2.05) is 30.3 Å². The number of nitrogen functional groups attached to an aromatic ring is 1. The predicted molar refractivity (Wildman–Crippen MR) is 69.6 cm³/mol. The summed E-state index contributed by atoms with van der Waals surface area (Å²) in [4.78, 5) is 11.6. The summed E-state index contributed by atoms with van der Waals surface area (Å²) in [7, 11) is 0. The van der Waals surface area contributed by atoms with Gasteiger partial charge in [0, 0.05) is 18.3 Å². The van der Waals surface area contributed by atoms with Gasteiger partial charge in [-0.2, -0.15) is 5.10 Å². The van der Waals surface area contributed by atoms with E-state index in [1.165, 1.54) is 0 Å². The first-order valence-electron chi connectivity index (χ1n) is 5.84. The Hall–Kier alpha value is -2.30. The van der Waals surface area contributed by atoms with Gasteiger partial charge in [-0.1, -0.05) is 18.2 Å². The number of nitrogens with zero attached hydrogens (tertiary/aromatic N) is 1. The van der Waals surface area contributed by atoms with Crippen LogP contribution in [0.25, 0.3) is 0 Å². The molecule has 0 aliphatic carbocycles. The van der Waals surface area contributed by atoms with Crippen molar-refractivity contribution in [2.75, 3.05) is 5.73 Å². The number of hydrogen-bond donors (Lipinski definition) is 3. The van der Waals surface area contributed by atoms with Crippen LogP contribution >= 0.6 is 0 Å². The molecule has 0 bridgehead atoms. The molecule has 94 valence electrons. The fourth-order valence-electron chi connectivity index (χ4n) is 1.68. The van der Waals surface area contributed by atoms with Gasteiger partial charge in [0.1, 0.15) is 0 Å². The molecule has 4 N–H and O–H groups in total. The van der Waals surface area contributed by atoms with E-state index in [4.69, 9.17) is 5.73 Å². The highest BCUT2D eigenvalue weighted by Gasteiger charge is 2.04. The summed E-state index contributed by atoms with van der Waals surface area (Å²) in [5.74, 6) is 0.00727. The summed E-state index contributed by atoms with van der Waals surface area (Å²) in [6, 6.07) is 9.43. The molecule has 0 saturated heterocycles. The van der Waals surface area contributed by atoms with E-state index >= 15 is 0 Å². The largest absolute Gasteiger partial charge is 0.399 e. The van der Waals surface area contributed by atoms with Gasteiger partial charge in [0.25, 0.3) is 0 Å². The van der Waals surface area contributed by atoms with Crippen LogP contribution in [0.1, 0.15) is 17.7 Å². The molecule has 18 heavy (non-hydrogen) atoms. The van der Waals surface area contributed by atoms with Crippen molar-refractivity contribution in [2.45, 2.75) is 19.4 Å². The lowest BCUT2D eigenvalue weighted by molar-refractivity contribution is -0.121. The lowest BCUT2D eigenvalue weighted by Gasteiger charge is -2.06. The SMILES string of the molecule is Nc1ccccc1CCC(=O)NCc1ccn[nH]1. The van der Waals surface area contributed by atoms with Crippen molar-refractivity contribution in [3.8, 4) is 0 Å². The molecular weight excluding hydrogens is 228 g/mol. The number of amides is 1. The number of nitrogens with two attached hydrogens (primary N) is 1. The van der Waals surface area contributed by atoms with E-state index in [0.29, 0.717) is 19.4 Å². The molecule has 0 aliphatic heterocycles. The van der Waals surface area contributed by atoms with Crippen LogP contribution in [0.5, 0.6) is 0 Å². The van der Waals surface area contributed by atoms with Gasteiger partial charge in [0.2, 0.25) is 5.91 Å². The Morgan fingerprint density at radius 2 is 2.17 bits per heavy atom. The Labute approximate surface area is 105 Å². The number of rotatable bonds is 5. The van der Waals surface area contributed by atoms with Gasteiger partial charge < -0.3 is 11.1 Å². The highest BCUT2D eigenvalue weighted by molar-refractivity contribution is 5.76. The molecule has 2 aromatic rings. The zero-order chi connectivity index (χ0) is 12.8. The molecular formula is C13H16N4O. The second kappa shape index (κ2) is 5.86. The van der Waals surface area contributed by atoms with Crippen molar-refractivity contribution >= 4 is 11.6 Å². The van der Waals surface area contributed by atoms with E-state index in [0.717, 1.165) is 16.9 Å². The average Bonchev–Trinajstić information content (AvgIpc) is 2.88. The molecule has 0 aliphatic rings. The summed E-state index contributed by atoms with van der Waals surface area (Å²) in [5.41, 5.74) is 8.45. The molecule has 0 fully saturated rings. The third-order valence-electron chi connectivity index (χ3n) is 2.71. The molecule has 5 nitrogen and oxygen atoms in total. The van der Waals surface area contributed by atoms with Crippen LogP contribution in [-0.4, -0.2) is 16.1 Å². The average molecular weight is 244 g/mol. The summed E-state index contributed by atoms with van der Waals surface area (Å²) >= 11 is 0. The van der Waals surface area contributed by atoms with Crippen molar-refractivity contribution < 1.29 is 4.79 Å². The topological polar surface area (TPSA) is 83.8 Å². The Balaban J connectivity index is 1.77. The van der Waals surface area contributed by atoms with Crippen LogP contribution in [-0.2, 0) is 17.8 Å². The summed E-state index contributed by atoms with van der Waals surface area (Å²) in [6.07, 6.45) is 2.75. The van der Waals surface area contributed by atoms with Gasteiger partial charge in [-0.05, 0) is 24.1 Å². The van der Waals surface area contributed by atoms with Gasteiger partial charge in [0.05, 0.1) is 12.2 Å². The van der Waals surface area contributed by atoms with Crippen LogP contribution in [0.3, 0.4) is 0 Å². The van der Waals surface area contributed by atoms with Crippen molar-refractivity contribution in [2.24, 2.45) is 0 Å². The monoisotopic (exact) mass is 244 g/mol. The number of aromatic nitrogens is 2. The Morgan fingerprint density at radius 3 is 2.89 bits per heavy atom. The second-order valence-electron chi connectivity index (χ2n) is 4.06. The number of aromatic amines is 1. The first-order chi connectivity index (χ1) is 8.75. The number of para-hydroxylation sites is 1. The van der Waals surface area contributed by atoms with E-state index in [-0.39, 0.29) is 5.91 Å². The van der Waals surface area contributed by atoms with Gasteiger partial charge in [-0.15, -0.1) is 0 Å². The fraction of sp³-hybridized carbons (Fsp3) is 0.231. The van der Waals surface area contributed by atoms with E-state index < -0.39 is 0 Å².